The van der Waals surface area contributed by atoms with E-state index in [9.17, 15) is 0 Å². The summed E-state index contributed by atoms with van der Waals surface area (Å²) in [7, 11) is 1.96. The third-order valence-corrected chi connectivity index (χ3v) is 4.57. The van der Waals surface area contributed by atoms with Crippen molar-refractivity contribution in [1.82, 2.24) is 19.9 Å². The quantitative estimate of drug-likeness (QED) is 0.692. The van der Waals surface area contributed by atoms with Crippen LogP contribution in [0.2, 0.25) is 0 Å². The summed E-state index contributed by atoms with van der Waals surface area (Å²) in [4.78, 5) is 2.34. The molecule has 6 heteroatoms. The van der Waals surface area contributed by atoms with Crippen molar-refractivity contribution >= 4 is 0 Å². The van der Waals surface area contributed by atoms with Gasteiger partial charge in [0.25, 0.3) is 0 Å². The molecule has 1 unspecified atom stereocenters. The van der Waals surface area contributed by atoms with Crippen LogP contribution in [0.5, 0.6) is 0 Å². The molecule has 4 rings (SSSR count). The van der Waals surface area contributed by atoms with Gasteiger partial charge >= 0.3 is 0 Å². The topological polar surface area (TPSA) is 56.3 Å². The van der Waals surface area contributed by atoms with Crippen molar-refractivity contribution < 1.29 is 9.15 Å². The van der Waals surface area contributed by atoms with Crippen molar-refractivity contribution in [3.05, 3.63) is 71.4 Å². The van der Waals surface area contributed by atoms with E-state index in [4.69, 9.17) is 9.15 Å². The van der Waals surface area contributed by atoms with Gasteiger partial charge in [-0.1, -0.05) is 35.5 Å². The molecule has 0 aliphatic carbocycles. The monoisotopic (exact) mass is 338 g/mol. The van der Waals surface area contributed by atoms with Crippen LogP contribution < -0.4 is 0 Å². The first kappa shape index (κ1) is 16.1. The van der Waals surface area contributed by atoms with Gasteiger partial charge in [-0.15, -0.1) is 5.10 Å². The zero-order valence-corrected chi connectivity index (χ0v) is 14.3. The van der Waals surface area contributed by atoms with Crippen molar-refractivity contribution in [1.29, 1.82) is 0 Å². The Bertz CT molecular complexity index is 798. The number of hydrogen-bond acceptors (Lipinski definition) is 5. The maximum atomic E-state index is 6.00. The van der Waals surface area contributed by atoms with Gasteiger partial charge in [0.05, 0.1) is 31.7 Å². The van der Waals surface area contributed by atoms with Crippen LogP contribution in [0.3, 0.4) is 0 Å². The molecule has 25 heavy (non-hydrogen) atoms. The summed E-state index contributed by atoms with van der Waals surface area (Å²) in [5.74, 6) is 1.22. The number of ether oxygens (including phenoxy) is 1. The normalized spacial score (nSPS) is 17.6. The molecule has 0 N–H and O–H groups in total. The summed E-state index contributed by atoms with van der Waals surface area (Å²) >= 11 is 0. The third-order valence-electron chi connectivity index (χ3n) is 4.57. The number of benzene rings is 1. The first-order valence-electron chi connectivity index (χ1n) is 8.54. The molecule has 3 heterocycles. The predicted octanol–water partition coefficient (Wildman–Crippen LogP) is 2.72. The molecule has 0 spiro atoms. The van der Waals surface area contributed by atoms with Crippen molar-refractivity contribution in [2.75, 3.05) is 13.2 Å². The van der Waals surface area contributed by atoms with Crippen LogP contribution in [0.25, 0.3) is 0 Å². The van der Waals surface area contributed by atoms with Crippen LogP contribution in [0.1, 0.15) is 28.6 Å². The first-order chi connectivity index (χ1) is 12.3. The summed E-state index contributed by atoms with van der Waals surface area (Å²) in [5, 5.41) is 8.54. The Morgan fingerprint density at radius 1 is 1.20 bits per heavy atom. The molecule has 0 bridgehead atoms. The highest BCUT2D eigenvalue weighted by molar-refractivity contribution is 5.20. The van der Waals surface area contributed by atoms with Gasteiger partial charge in [0.1, 0.15) is 11.5 Å². The lowest BCUT2D eigenvalue weighted by Gasteiger charge is -2.31. The molecule has 2 aromatic heterocycles. The molecule has 6 nitrogen and oxygen atoms in total. The fraction of sp³-hybridized carbons (Fsp3) is 0.368. The molecule has 1 aromatic carbocycles. The largest absolute Gasteiger partial charge is 0.468 e. The summed E-state index contributed by atoms with van der Waals surface area (Å²) in [6.45, 7) is 3.74. The van der Waals surface area contributed by atoms with Crippen LogP contribution in [0, 0.1) is 0 Å². The van der Waals surface area contributed by atoms with Crippen LogP contribution in [-0.2, 0) is 31.5 Å². The molecule has 0 radical (unpaired) electrons. The lowest BCUT2D eigenvalue weighted by molar-refractivity contribution is 0.0814. The van der Waals surface area contributed by atoms with Gasteiger partial charge in [-0.25, -0.2) is 0 Å². The average Bonchev–Trinajstić information content (AvgIpc) is 3.26. The lowest BCUT2D eigenvalue weighted by atomic mass is 9.99. The van der Waals surface area contributed by atoms with Crippen LogP contribution in [0.4, 0.5) is 0 Å². The minimum absolute atomic E-state index is 0.252. The molecule has 0 saturated heterocycles. The molecule has 130 valence electrons. The maximum Gasteiger partial charge on any atom is 0.117 e. The Balaban J connectivity index is 1.44. The highest BCUT2D eigenvalue weighted by Gasteiger charge is 2.30. The maximum absolute atomic E-state index is 6.00. The second kappa shape index (κ2) is 7.21. The predicted molar refractivity (Wildman–Crippen MR) is 92.7 cm³/mol. The number of furan rings is 1. The molecular formula is C19H22N4O2. The average molecular weight is 338 g/mol. The molecule has 1 atom stereocenters. The Kier molecular flexibility index (Phi) is 4.63. The smallest absolute Gasteiger partial charge is 0.117 e. The summed E-state index contributed by atoms with van der Waals surface area (Å²) in [5.41, 5.74) is 3.41. The van der Waals surface area contributed by atoms with Crippen LogP contribution in [0.15, 0.2) is 53.1 Å². The van der Waals surface area contributed by atoms with E-state index in [-0.39, 0.29) is 5.92 Å². The van der Waals surface area contributed by atoms with Crippen molar-refractivity contribution in [2.45, 2.75) is 25.6 Å². The Hall–Kier alpha value is -2.44. The molecule has 1 aliphatic heterocycles. The Morgan fingerprint density at radius 3 is 2.88 bits per heavy atom. The van der Waals surface area contributed by atoms with Crippen LogP contribution in [-0.4, -0.2) is 33.0 Å². The van der Waals surface area contributed by atoms with E-state index in [2.05, 4.69) is 27.3 Å². The zero-order valence-electron chi connectivity index (χ0n) is 14.3. The molecular weight excluding hydrogens is 316 g/mol. The van der Waals surface area contributed by atoms with Gasteiger partial charge in [0.15, 0.2) is 0 Å². The minimum atomic E-state index is 0.252. The van der Waals surface area contributed by atoms with Crippen molar-refractivity contribution in [3.63, 3.8) is 0 Å². The van der Waals surface area contributed by atoms with Crippen molar-refractivity contribution in [2.24, 2.45) is 7.05 Å². The fourth-order valence-electron chi connectivity index (χ4n) is 3.46. The lowest BCUT2D eigenvalue weighted by Crippen LogP contribution is -2.35. The molecule has 0 amide bonds. The SMILES string of the molecule is Cn1nnc2c1C(COCc1ccccc1)CN(Cc1ccco1)C2. The van der Waals surface area contributed by atoms with Gasteiger partial charge in [-0.05, 0) is 17.7 Å². The number of rotatable bonds is 6. The summed E-state index contributed by atoms with van der Waals surface area (Å²) in [6, 6.07) is 14.2. The fourth-order valence-corrected chi connectivity index (χ4v) is 3.46. The number of fused-ring (bicyclic) bond motifs is 1. The number of hydrogen-bond donors (Lipinski definition) is 0. The second-order valence-corrected chi connectivity index (χ2v) is 6.49. The van der Waals surface area contributed by atoms with Crippen LogP contribution >= 0.6 is 0 Å². The van der Waals surface area contributed by atoms with E-state index in [1.807, 2.05) is 42.1 Å². The van der Waals surface area contributed by atoms with Gasteiger partial charge in [-0.3, -0.25) is 9.58 Å². The van der Waals surface area contributed by atoms with E-state index < -0.39 is 0 Å². The van der Waals surface area contributed by atoms with Gasteiger partial charge in [0, 0.05) is 26.1 Å². The van der Waals surface area contributed by atoms with Gasteiger partial charge in [0.2, 0.25) is 0 Å². The summed E-state index contributed by atoms with van der Waals surface area (Å²) < 4.78 is 13.4. The Labute approximate surface area is 147 Å². The zero-order chi connectivity index (χ0) is 17.1. The van der Waals surface area contributed by atoms with E-state index in [1.165, 1.54) is 11.3 Å². The standard InChI is InChI=1S/C19H22N4O2/c1-22-19-16(14-24-13-15-6-3-2-4-7-15)10-23(12-18(19)20-21-22)11-17-8-5-9-25-17/h2-9,16H,10-14H2,1H3. The second-order valence-electron chi connectivity index (χ2n) is 6.49. The number of aromatic nitrogens is 3. The molecule has 0 fully saturated rings. The highest BCUT2D eigenvalue weighted by Crippen LogP contribution is 2.28. The molecule has 0 saturated carbocycles. The molecule has 1 aliphatic rings. The Morgan fingerprint density at radius 2 is 2.08 bits per heavy atom. The van der Waals surface area contributed by atoms with E-state index in [1.54, 1.807) is 6.26 Å². The van der Waals surface area contributed by atoms with Gasteiger partial charge < -0.3 is 9.15 Å². The van der Waals surface area contributed by atoms with Crippen molar-refractivity contribution in [3.8, 4) is 0 Å². The van der Waals surface area contributed by atoms with E-state index >= 15 is 0 Å². The highest BCUT2D eigenvalue weighted by atomic mass is 16.5. The van der Waals surface area contributed by atoms with E-state index in [0.717, 1.165) is 31.1 Å². The molecule has 3 aromatic rings. The summed E-state index contributed by atoms with van der Waals surface area (Å²) in [6.07, 6.45) is 1.72. The number of aryl methyl sites for hydroxylation is 1. The number of nitrogens with zero attached hydrogens (tertiary/aromatic N) is 4. The van der Waals surface area contributed by atoms with Gasteiger partial charge in [-0.2, -0.15) is 0 Å². The van der Waals surface area contributed by atoms with E-state index in [0.29, 0.717) is 13.2 Å². The minimum Gasteiger partial charge on any atom is -0.468 e. The first-order valence-corrected chi connectivity index (χ1v) is 8.54. The third kappa shape index (κ3) is 3.65.